The quantitative estimate of drug-likeness (QED) is 0.341. The first-order valence-corrected chi connectivity index (χ1v) is 0.707. The fraction of sp³-hybridized carbons (Fsp3) is 0. The van der Waals surface area contributed by atoms with Crippen LogP contribution in [0.5, 0.6) is 0 Å². The molecular weight excluding hydrogens is 179 g/mol. The zero-order valence-electron chi connectivity index (χ0n) is 7.39. The van der Waals surface area contributed by atoms with E-state index >= 15 is 0 Å². The summed E-state index contributed by atoms with van der Waals surface area (Å²) in [5.41, 5.74) is 0. The molecule has 0 aliphatic heterocycles. The van der Waals surface area contributed by atoms with E-state index < -0.39 is 0 Å². The van der Waals surface area contributed by atoms with Crippen molar-refractivity contribution in [1.29, 1.82) is 0 Å². The van der Waals surface area contributed by atoms with Crippen molar-refractivity contribution >= 4 is 16.2 Å². The Bertz CT molecular complexity index is 19.0. The summed E-state index contributed by atoms with van der Waals surface area (Å²) in [6.45, 7) is 0. The SMILES string of the molecule is F.[H-].[H-].[H-].[K+].[K+].[K+].[O]=[Al]. The molecule has 0 aromatic rings. The summed E-state index contributed by atoms with van der Waals surface area (Å²) in [7, 11) is 0. The van der Waals surface area contributed by atoms with E-state index in [4.69, 9.17) is 3.80 Å². The normalized spacial score (nSPS) is 0.500. The Morgan fingerprint density at radius 3 is 1.00 bits per heavy atom. The third-order valence-corrected chi connectivity index (χ3v) is 0. The van der Waals surface area contributed by atoms with Gasteiger partial charge in [-0.05, 0) is 0 Å². The molecule has 0 aromatic carbocycles. The number of hydrogen-bond acceptors (Lipinski definition) is 1. The first-order chi connectivity index (χ1) is 1.00. The summed E-state index contributed by atoms with van der Waals surface area (Å²) < 4.78 is 8.17. The van der Waals surface area contributed by atoms with Crippen LogP contribution in [0.25, 0.3) is 0 Å². The van der Waals surface area contributed by atoms with Gasteiger partial charge in [0.15, 0.2) is 0 Å². The molecule has 0 saturated heterocycles. The minimum atomic E-state index is 0. The summed E-state index contributed by atoms with van der Waals surface area (Å²) in [6, 6.07) is 0. The monoisotopic (exact) mass is 183 g/mol. The molecule has 0 N–H and O–H groups in total. The molecule has 6 heteroatoms. The summed E-state index contributed by atoms with van der Waals surface area (Å²) >= 11 is 1.17. The summed E-state index contributed by atoms with van der Waals surface area (Å²) in [5.74, 6) is 0. The average Bonchev–Trinajstić information content (AvgIpc) is 1.00. The molecule has 0 spiro atoms. The standard InChI is InChI=1S/Al.FH.3K.O.3H/h;1H;;;;;;;/q;;3*+1;;3*-1. The van der Waals surface area contributed by atoms with Crippen molar-refractivity contribution in [1.82, 2.24) is 0 Å². The van der Waals surface area contributed by atoms with Gasteiger partial charge >= 0.3 is 174 Å². The maximum absolute atomic E-state index is 8.17. The van der Waals surface area contributed by atoms with Gasteiger partial charge in [0, 0.05) is 0 Å². The van der Waals surface area contributed by atoms with Crippen molar-refractivity contribution in [3.63, 3.8) is 0 Å². The molecule has 0 amide bonds. The van der Waals surface area contributed by atoms with Crippen LogP contribution in [0.3, 0.4) is 0 Å². The zero-order chi connectivity index (χ0) is 2.00. The van der Waals surface area contributed by atoms with Crippen LogP contribution in [0.15, 0.2) is 0 Å². The molecule has 1 nitrogen and oxygen atoms in total. The van der Waals surface area contributed by atoms with E-state index in [1.54, 1.807) is 0 Å². The van der Waals surface area contributed by atoms with Gasteiger partial charge in [-0.1, -0.05) is 0 Å². The molecular formula is H4AlFK3O. The molecule has 0 saturated carbocycles. The van der Waals surface area contributed by atoms with Crippen molar-refractivity contribution < 1.29 is 167 Å². The second-order valence-electron chi connectivity index (χ2n) is 0. The number of hydrogen-bond donors (Lipinski definition) is 0. The number of halogens is 1. The third kappa shape index (κ3) is 22.9. The van der Waals surface area contributed by atoms with Crippen molar-refractivity contribution in [3.05, 3.63) is 0 Å². The van der Waals surface area contributed by atoms with Crippen molar-refractivity contribution in [3.8, 4) is 0 Å². The van der Waals surface area contributed by atoms with Gasteiger partial charge in [-0.2, -0.15) is 0 Å². The Morgan fingerprint density at radius 2 is 1.00 bits per heavy atom. The molecule has 1 radical (unpaired) electrons. The van der Waals surface area contributed by atoms with E-state index in [-0.39, 0.29) is 163 Å². The van der Waals surface area contributed by atoms with Gasteiger partial charge in [0.25, 0.3) is 0 Å². The topological polar surface area (TPSA) is 17.1 Å². The van der Waals surface area contributed by atoms with Crippen molar-refractivity contribution in [2.45, 2.75) is 0 Å². The maximum atomic E-state index is 8.17. The van der Waals surface area contributed by atoms with E-state index in [1.165, 1.54) is 16.2 Å². The Labute approximate surface area is 177 Å². The van der Waals surface area contributed by atoms with Gasteiger partial charge in [0.1, 0.15) is 0 Å². The minimum absolute atomic E-state index is 0. The van der Waals surface area contributed by atoms with Crippen LogP contribution in [-0.2, 0) is 3.80 Å². The summed E-state index contributed by atoms with van der Waals surface area (Å²) in [4.78, 5) is 0. The first-order valence-electron chi connectivity index (χ1n) is 0.236. The molecule has 0 rings (SSSR count). The van der Waals surface area contributed by atoms with Gasteiger partial charge in [-0.3, -0.25) is 4.70 Å². The van der Waals surface area contributed by atoms with Crippen LogP contribution in [0.2, 0.25) is 0 Å². The van der Waals surface area contributed by atoms with E-state index in [0.29, 0.717) is 0 Å². The molecule has 0 aliphatic carbocycles. The van der Waals surface area contributed by atoms with Gasteiger partial charge in [-0.25, -0.2) is 0 Å². The van der Waals surface area contributed by atoms with Crippen LogP contribution in [0.1, 0.15) is 4.28 Å². The average molecular weight is 183 g/mol. The fourth-order valence-corrected chi connectivity index (χ4v) is 0. The molecule has 0 atom stereocenters. The number of rotatable bonds is 0. The zero-order valence-corrected chi connectivity index (χ0v) is 14.9. The molecule has 0 bridgehead atoms. The Morgan fingerprint density at radius 1 is 1.00 bits per heavy atom. The molecule has 0 aromatic heterocycles. The summed E-state index contributed by atoms with van der Waals surface area (Å²) in [6.07, 6.45) is 0. The molecule has 0 fully saturated rings. The fourth-order valence-electron chi connectivity index (χ4n) is 0. The van der Waals surface area contributed by atoms with Gasteiger partial charge in [-0.15, -0.1) is 0 Å². The molecule has 6 heavy (non-hydrogen) atoms. The van der Waals surface area contributed by atoms with Crippen LogP contribution >= 0.6 is 0 Å². The molecule has 0 unspecified atom stereocenters. The van der Waals surface area contributed by atoms with Crippen LogP contribution in [0, 0.1) is 0 Å². The van der Waals surface area contributed by atoms with E-state index in [2.05, 4.69) is 0 Å². The van der Waals surface area contributed by atoms with Gasteiger partial charge in [0.2, 0.25) is 0 Å². The molecule has 23 valence electrons. The van der Waals surface area contributed by atoms with E-state index in [0.717, 1.165) is 0 Å². The van der Waals surface area contributed by atoms with E-state index in [1.807, 2.05) is 0 Å². The Kier molecular flexibility index (Phi) is 162. The van der Waals surface area contributed by atoms with Crippen molar-refractivity contribution in [2.75, 3.05) is 0 Å². The second kappa shape index (κ2) is 32.0. The van der Waals surface area contributed by atoms with Crippen molar-refractivity contribution in [2.24, 2.45) is 0 Å². The Hall–Kier alpha value is 5.17. The van der Waals surface area contributed by atoms with Crippen LogP contribution < -0.4 is 154 Å². The Balaban J connectivity index is -0.000000000238. The van der Waals surface area contributed by atoms with Crippen LogP contribution in [0.4, 0.5) is 4.70 Å². The molecule has 0 aliphatic rings. The predicted molar refractivity (Wildman–Crippen MR) is 12.3 cm³/mol. The predicted octanol–water partition coefficient (Wildman–Crippen LogP) is -9.00. The second-order valence-corrected chi connectivity index (χ2v) is 0. The van der Waals surface area contributed by atoms with Gasteiger partial charge in [0.05, 0.1) is 0 Å². The van der Waals surface area contributed by atoms with Gasteiger partial charge < -0.3 is 4.28 Å². The molecule has 0 heterocycles. The third-order valence-electron chi connectivity index (χ3n) is 0. The summed E-state index contributed by atoms with van der Waals surface area (Å²) in [5, 5.41) is 0. The first kappa shape index (κ1) is 30.3. The van der Waals surface area contributed by atoms with Crippen LogP contribution in [-0.4, -0.2) is 16.2 Å². The van der Waals surface area contributed by atoms with E-state index in [9.17, 15) is 0 Å².